The molecule has 0 aliphatic rings. The fourth-order valence-electron chi connectivity index (χ4n) is 3.21. The second kappa shape index (κ2) is 8.51. The summed E-state index contributed by atoms with van der Waals surface area (Å²) < 4.78 is 13.2. The normalized spacial score (nSPS) is 11.0. The molecule has 1 amide bonds. The highest BCUT2D eigenvalue weighted by molar-refractivity contribution is 5.93. The van der Waals surface area contributed by atoms with Crippen LogP contribution in [0, 0.1) is 27.7 Å². The van der Waals surface area contributed by atoms with Crippen LogP contribution in [0.25, 0.3) is 0 Å². The van der Waals surface area contributed by atoms with Gasteiger partial charge in [-0.25, -0.2) is 0 Å². The molecule has 0 unspecified atom stereocenters. The lowest BCUT2D eigenvalue weighted by Gasteiger charge is -2.16. The SMILES string of the molecule is CCn1ncc(CN(C)C(=O)c2noc(C)c2COc2cc(C)ccc2C)c1C. The molecule has 0 saturated heterocycles. The van der Waals surface area contributed by atoms with E-state index in [1.807, 2.05) is 50.6 Å². The summed E-state index contributed by atoms with van der Waals surface area (Å²) in [6.07, 6.45) is 1.81. The Labute approximate surface area is 171 Å². The average Bonchev–Trinajstić information content (AvgIpc) is 3.24. The molecule has 7 nitrogen and oxygen atoms in total. The van der Waals surface area contributed by atoms with Crippen molar-refractivity contribution in [1.29, 1.82) is 0 Å². The summed E-state index contributed by atoms with van der Waals surface area (Å²) in [5, 5.41) is 8.35. The van der Waals surface area contributed by atoms with Gasteiger partial charge in [-0.05, 0) is 51.8 Å². The van der Waals surface area contributed by atoms with E-state index in [0.717, 1.165) is 34.7 Å². The molecule has 0 radical (unpaired) electrons. The van der Waals surface area contributed by atoms with Crippen LogP contribution < -0.4 is 4.74 Å². The minimum absolute atomic E-state index is 0.204. The van der Waals surface area contributed by atoms with E-state index in [4.69, 9.17) is 9.26 Å². The van der Waals surface area contributed by atoms with E-state index in [1.165, 1.54) is 0 Å². The summed E-state index contributed by atoms with van der Waals surface area (Å²) in [5.41, 5.74) is 5.18. The number of aryl methyl sites for hydroxylation is 4. The van der Waals surface area contributed by atoms with Gasteiger partial charge in [-0.15, -0.1) is 0 Å². The second-order valence-corrected chi connectivity index (χ2v) is 7.36. The minimum Gasteiger partial charge on any atom is -0.488 e. The van der Waals surface area contributed by atoms with Crippen LogP contribution in [0.2, 0.25) is 0 Å². The molecule has 154 valence electrons. The van der Waals surface area contributed by atoms with Crippen LogP contribution in [0.1, 0.15) is 51.1 Å². The van der Waals surface area contributed by atoms with Crippen molar-refractivity contribution in [3.8, 4) is 5.75 Å². The molecule has 2 heterocycles. The Morgan fingerprint density at radius 3 is 2.69 bits per heavy atom. The van der Waals surface area contributed by atoms with Gasteiger partial charge in [0.2, 0.25) is 0 Å². The highest BCUT2D eigenvalue weighted by Crippen LogP contribution is 2.23. The molecular weight excluding hydrogens is 368 g/mol. The Kier molecular flexibility index (Phi) is 6.06. The van der Waals surface area contributed by atoms with Gasteiger partial charge in [-0.3, -0.25) is 9.48 Å². The van der Waals surface area contributed by atoms with Crippen molar-refractivity contribution in [1.82, 2.24) is 19.8 Å². The van der Waals surface area contributed by atoms with Crippen molar-refractivity contribution in [2.75, 3.05) is 7.05 Å². The summed E-state index contributed by atoms with van der Waals surface area (Å²) >= 11 is 0. The number of nitrogens with zero attached hydrogens (tertiary/aromatic N) is 4. The Bertz CT molecular complexity index is 1020. The van der Waals surface area contributed by atoms with Crippen molar-refractivity contribution in [3.05, 3.63) is 63.8 Å². The van der Waals surface area contributed by atoms with Gasteiger partial charge < -0.3 is 14.2 Å². The highest BCUT2D eigenvalue weighted by atomic mass is 16.5. The monoisotopic (exact) mass is 396 g/mol. The maximum absolute atomic E-state index is 13.0. The molecule has 3 rings (SSSR count). The molecule has 7 heteroatoms. The number of hydrogen-bond acceptors (Lipinski definition) is 5. The minimum atomic E-state index is -0.204. The van der Waals surface area contributed by atoms with Crippen molar-refractivity contribution in [2.24, 2.45) is 0 Å². The molecule has 3 aromatic rings. The molecule has 0 bridgehead atoms. The zero-order valence-corrected chi connectivity index (χ0v) is 17.9. The molecule has 0 spiro atoms. The van der Waals surface area contributed by atoms with Gasteiger partial charge in [0.25, 0.3) is 5.91 Å². The molecule has 1 aromatic carbocycles. The Balaban J connectivity index is 1.76. The Hall–Kier alpha value is -3.09. The third-order valence-electron chi connectivity index (χ3n) is 5.16. The smallest absolute Gasteiger partial charge is 0.276 e. The summed E-state index contributed by atoms with van der Waals surface area (Å²) in [6, 6.07) is 6.04. The first-order valence-corrected chi connectivity index (χ1v) is 9.73. The first kappa shape index (κ1) is 20.6. The van der Waals surface area contributed by atoms with Gasteiger partial charge in [-0.2, -0.15) is 5.10 Å². The van der Waals surface area contributed by atoms with E-state index in [0.29, 0.717) is 17.9 Å². The van der Waals surface area contributed by atoms with E-state index in [-0.39, 0.29) is 18.2 Å². The van der Waals surface area contributed by atoms with Crippen LogP contribution in [0.5, 0.6) is 5.75 Å². The first-order chi connectivity index (χ1) is 13.8. The van der Waals surface area contributed by atoms with Crippen molar-refractivity contribution >= 4 is 5.91 Å². The summed E-state index contributed by atoms with van der Waals surface area (Å²) in [4.78, 5) is 14.7. The van der Waals surface area contributed by atoms with Crippen LogP contribution in [0.15, 0.2) is 28.9 Å². The predicted molar refractivity (Wildman–Crippen MR) is 110 cm³/mol. The predicted octanol–water partition coefficient (Wildman–Crippen LogP) is 3.98. The number of aromatic nitrogens is 3. The van der Waals surface area contributed by atoms with E-state index < -0.39 is 0 Å². The number of rotatable bonds is 7. The zero-order valence-electron chi connectivity index (χ0n) is 17.9. The van der Waals surface area contributed by atoms with Gasteiger partial charge in [0.15, 0.2) is 5.69 Å². The summed E-state index contributed by atoms with van der Waals surface area (Å²) in [5.74, 6) is 1.17. The Morgan fingerprint density at radius 1 is 1.24 bits per heavy atom. The maximum Gasteiger partial charge on any atom is 0.276 e. The first-order valence-electron chi connectivity index (χ1n) is 9.73. The van der Waals surface area contributed by atoms with E-state index >= 15 is 0 Å². The molecule has 0 aliphatic heterocycles. The number of benzene rings is 1. The molecule has 0 aliphatic carbocycles. The third-order valence-corrected chi connectivity index (χ3v) is 5.16. The molecule has 29 heavy (non-hydrogen) atoms. The lowest BCUT2D eigenvalue weighted by atomic mass is 10.1. The molecule has 0 N–H and O–H groups in total. The number of amides is 1. The topological polar surface area (TPSA) is 73.4 Å². The fourth-order valence-corrected chi connectivity index (χ4v) is 3.21. The van der Waals surface area contributed by atoms with Crippen LogP contribution in [-0.4, -0.2) is 32.8 Å². The fraction of sp³-hybridized carbons (Fsp3) is 0.409. The van der Waals surface area contributed by atoms with Crippen molar-refractivity contribution in [2.45, 2.75) is 54.3 Å². The van der Waals surface area contributed by atoms with Crippen LogP contribution in [-0.2, 0) is 19.7 Å². The van der Waals surface area contributed by atoms with Gasteiger partial charge in [0.05, 0.1) is 11.8 Å². The number of carbonyl (C=O) groups is 1. The lowest BCUT2D eigenvalue weighted by Crippen LogP contribution is -2.28. The van der Waals surface area contributed by atoms with Crippen LogP contribution in [0.3, 0.4) is 0 Å². The van der Waals surface area contributed by atoms with Gasteiger partial charge in [0, 0.05) is 31.4 Å². The third kappa shape index (κ3) is 4.34. The van der Waals surface area contributed by atoms with Crippen LogP contribution in [0.4, 0.5) is 0 Å². The highest BCUT2D eigenvalue weighted by Gasteiger charge is 2.24. The zero-order chi connectivity index (χ0) is 21.1. The van der Waals surface area contributed by atoms with Crippen molar-refractivity contribution in [3.63, 3.8) is 0 Å². The van der Waals surface area contributed by atoms with E-state index in [9.17, 15) is 4.79 Å². The van der Waals surface area contributed by atoms with Gasteiger partial charge in [-0.1, -0.05) is 17.3 Å². The molecule has 0 saturated carbocycles. The maximum atomic E-state index is 13.0. The van der Waals surface area contributed by atoms with Gasteiger partial charge in [0.1, 0.15) is 18.1 Å². The average molecular weight is 396 g/mol. The summed E-state index contributed by atoms with van der Waals surface area (Å²) in [6.45, 7) is 11.3. The largest absolute Gasteiger partial charge is 0.488 e. The van der Waals surface area contributed by atoms with E-state index in [1.54, 1.807) is 25.1 Å². The Morgan fingerprint density at radius 2 is 2.00 bits per heavy atom. The summed E-state index contributed by atoms with van der Waals surface area (Å²) in [7, 11) is 1.75. The number of ether oxygens (including phenoxy) is 1. The second-order valence-electron chi connectivity index (χ2n) is 7.36. The quantitative estimate of drug-likeness (QED) is 0.604. The molecule has 0 atom stereocenters. The molecular formula is C22H28N4O3. The number of hydrogen-bond donors (Lipinski definition) is 0. The molecule has 0 fully saturated rings. The van der Waals surface area contributed by atoms with E-state index in [2.05, 4.69) is 10.3 Å². The lowest BCUT2D eigenvalue weighted by molar-refractivity contribution is 0.0772. The molecule has 2 aromatic heterocycles. The standard InChI is InChI=1S/C22H28N4O3/c1-7-26-16(4)18(11-23-26)12-25(6)22(27)21-19(17(5)29-24-21)13-28-20-10-14(2)8-9-15(20)3/h8-11H,7,12-13H2,1-6H3. The van der Waals surface area contributed by atoms with Crippen LogP contribution >= 0.6 is 0 Å². The number of carbonyl (C=O) groups excluding carboxylic acids is 1. The van der Waals surface area contributed by atoms with Gasteiger partial charge >= 0.3 is 0 Å². The van der Waals surface area contributed by atoms with Crippen molar-refractivity contribution < 1.29 is 14.1 Å².